The van der Waals surface area contributed by atoms with Gasteiger partial charge in [-0.15, -0.1) is 11.3 Å². The molecule has 4 rings (SSSR count). The van der Waals surface area contributed by atoms with Gasteiger partial charge in [-0.25, -0.2) is 5.01 Å². The molecule has 154 valence electrons. The van der Waals surface area contributed by atoms with Gasteiger partial charge in [0.1, 0.15) is 5.75 Å². The maximum absolute atomic E-state index is 13.1. The smallest absolute Gasteiger partial charge is 0.257 e. The first kappa shape index (κ1) is 20.3. The van der Waals surface area contributed by atoms with Crippen molar-refractivity contribution in [1.29, 1.82) is 0 Å². The van der Waals surface area contributed by atoms with Crippen molar-refractivity contribution in [3.63, 3.8) is 0 Å². The lowest BCUT2D eigenvalue weighted by Crippen LogP contribution is -2.36. The summed E-state index contributed by atoms with van der Waals surface area (Å²) in [7, 11) is 1.65. The molecular formula is C24H25N3O2S. The molecule has 0 radical (unpaired) electrons. The van der Waals surface area contributed by atoms with Gasteiger partial charge in [-0.1, -0.05) is 48.5 Å². The molecule has 1 amide bonds. The lowest BCUT2D eigenvalue weighted by molar-refractivity contribution is -0.132. The Morgan fingerprint density at radius 2 is 1.93 bits per heavy atom. The van der Waals surface area contributed by atoms with E-state index < -0.39 is 0 Å². The third-order valence-electron chi connectivity index (χ3n) is 5.30. The van der Waals surface area contributed by atoms with Crippen LogP contribution in [-0.2, 0) is 4.79 Å². The summed E-state index contributed by atoms with van der Waals surface area (Å²) >= 11 is 1.69. The van der Waals surface area contributed by atoms with Gasteiger partial charge in [-0.2, -0.15) is 5.10 Å². The maximum Gasteiger partial charge on any atom is 0.257 e. The van der Waals surface area contributed by atoms with Gasteiger partial charge in [0.25, 0.3) is 5.91 Å². The fraction of sp³-hybridized carbons (Fsp3) is 0.250. The number of nitrogens with zero attached hydrogens (tertiary/aromatic N) is 2. The molecule has 1 aliphatic heterocycles. The molecule has 2 atom stereocenters. The third kappa shape index (κ3) is 4.45. The summed E-state index contributed by atoms with van der Waals surface area (Å²) in [6.07, 6.45) is 0.683. The Labute approximate surface area is 181 Å². The minimum absolute atomic E-state index is 0.0369. The molecule has 1 aromatic heterocycles. The van der Waals surface area contributed by atoms with Crippen molar-refractivity contribution in [2.45, 2.75) is 25.4 Å². The van der Waals surface area contributed by atoms with Crippen LogP contribution in [0.2, 0.25) is 0 Å². The average molecular weight is 420 g/mol. The number of thiophene rings is 1. The van der Waals surface area contributed by atoms with Crippen LogP contribution >= 0.6 is 11.3 Å². The summed E-state index contributed by atoms with van der Waals surface area (Å²) < 4.78 is 5.28. The van der Waals surface area contributed by atoms with E-state index in [0.717, 1.165) is 22.6 Å². The minimum atomic E-state index is -0.127. The number of amides is 1. The van der Waals surface area contributed by atoms with Crippen molar-refractivity contribution in [3.05, 3.63) is 88.1 Å². The largest absolute Gasteiger partial charge is 0.497 e. The van der Waals surface area contributed by atoms with E-state index in [1.54, 1.807) is 23.5 Å². The van der Waals surface area contributed by atoms with Crippen LogP contribution in [0.1, 0.15) is 41.4 Å². The van der Waals surface area contributed by atoms with E-state index in [4.69, 9.17) is 9.84 Å². The number of hydrazone groups is 1. The topological polar surface area (TPSA) is 53.9 Å². The van der Waals surface area contributed by atoms with Gasteiger partial charge >= 0.3 is 0 Å². The van der Waals surface area contributed by atoms with Crippen LogP contribution < -0.4 is 10.1 Å². The number of hydrogen-bond acceptors (Lipinski definition) is 5. The molecule has 0 bridgehead atoms. The molecule has 3 aromatic rings. The van der Waals surface area contributed by atoms with Gasteiger partial charge in [0.2, 0.25) is 0 Å². The zero-order valence-corrected chi connectivity index (χ0v) is 17.9. The van der Waals surface area contributed by atoms with E-state index in [-0.39, 0.29) is 24.5 Å². The van der Waals surface area contributed by atoms with Crippen molar-refractivity contribution >= 4 is 23.0 Å². The van der Waals surface area contributed by atoms with Crippen LogP contribution in [0, 0.1) is 0 Å². The van der Waals surface area contributed by atoms with Crippen LogP contribution in [0.15, 0.2) is 77.2 Å². The van der Waals surface area contributed by atoms with E-state index in [1.807, 2.05) is 66.0 Å². The van der Waals surface area contributed by atoms with Crippen LogP contribution in [0.3, 0.4) is 0 Å². The number of carbonyl (C=O) groups is 1. The van der Waals surface area contributed by atoms with Gasteiger partial charge < -0.3 is 10.1 Å². The van der Waals surface area contributed by atoms with E-state index >= 15 is 0 Å². The molecule has 2 heterocycles. The van der Waals surface area contributed by atoms with Crippen molar-refractivity contribution in [2.75, 3.05) is 13.7 Å². The Morgan fingerprint density at radius 3 is 2.60 bits per heavy atom. The van der Waals surface area contributed by atoms with Gasteiger partial charge in [0.05, 0.1) is 25.4 Å². The van der Waals surface area contributed by atoms with Crippen molar-refractivity contribution in [1.82, 2.24) is 10.3 Å². The molecule has 0 spiro atoms. The maximum atomic E-state index is 13.1. The van der Waals surface area contributed by atoms with Gasteiger partial charge in [-0.05, 0) is 41.6 Å². The number of ether oxygens (including phenoxy) is 1. The highest BCUT2D eigenvalue weighted by Gasteiger charge is 2.33. The quantitative estimate of drug-likeness (QED) is 0.599. The second-order valence-corrected chi connectivity index (χ2v) is 8.24. The van der Waals surface area contributed by atoms with E-state index in [0.29, 0.717) is 6.42 Å². The highest BCUT2D eigenvalue weighted by molar-refractivity contribution is 7.10. The highest BCUT2D eigenvalue weighted by Crippen LogP contribution is 2.33. The minimum Gasteiger partial charge on any atom is -0.497 e. The first-order valence-electron chi connectivity index (χ1n) is 10.0. The van der Waals surface area contributed by atoms with Gasteiger partial charge in [-0.3, -0.25) is 4.79 Å². The van der Waals surface area contributed by atoms with Crippen molar-refractivity contribution < 1.29 is 9.53 Å². The summed E-state index contributed by atoms with van der Waals surface area (Å²) in [5.74, 6) is 0.760. The van der Waals surface area contributed by atoms with Crippen LogP contribution in [-0.4, -0.2) is 30.3 Å². The fourth-order valence-electron chi connectivity index (χ4n) is 3.59. The van der Waals surface area contributed by atoms with Crippen LogP contribution in [0.5, 0.6) is 5.75 Å². The Bertz CT molecular complexity index is 1000. The van der Waals surface area contributed by atoms with Gasteiger partial charge in [0.15, 0.2) is 0 Å². The predicted octanol–water partition coefficient (Wildman–Crippen LogP) is 4.79. The lowest BCUT2D eigenvalue weighted by Gasteiger charge is -2.23. The van der Waals surface area contributed by atoms with E-state index in [1.165, 1.54) is 4.88 Å². The summed E-state index contributed by atoms with van der Waals surface area (Å²) in [6, 6.07) is 22.0. The Kier molecular flexibility index (Phi) is 6.26. The number of carbonyl (C=O) groups excluding carboxylic acids is 1. The Morgan fingerprint density at radius 1 is 1.17 bits per heavy atom. The molecule has 1 aliphatic rings. The zero-order valence-electron chi connectivity index (χ0n) is 17.1. The number of benzene rings is 2. The molecule has 0 aliphatic carbocycles. The van der Waals surface area contributed by atoms with Crippen molar-refractivity contribution in [2.24, 2.45) is 5.10 Å². The first-order chi connectivity index (χ1) is 14.7. The number of nitrogens with one attached hydrogen (secondary N) is 1. The fourth-order valence-corrected chi connectivity index (χ4v) is 4.35. The zero-order chi connectivity index (χ0) is 20.9. The summed E-state index contributed by atoms with van der Waals surface area (Å²) in [6.45, 7) is 2.31. The predicted molar refractivity (Wildman–Crippen MR) is 121 cm³/mol. The standard InChI is InChI=1S/C24H25N3O2S/c1-17(23-9-6-14-30-23)25-16-24(28)27-22(19-10-12-20(29-2)13-11-19)15-21(26-27)18-7-4-3-5-8-18/h3-14,17,22,25H,15-16H2,1-2H3/t17-,22-/m1/s1. The van der Waals surface area contributed by atoms with Gasteiger partial charge in [0, 0.05) is 17.3 Å². The summed E-state index contributed by atoms with van der Waals surface area (Å²) in [5, 5.41) is 11.8. The molecule has 5 nitrogen and oxygen atoms in total. The second-order valence-electron chi connectivity index (χ2n) is 7.26. The summed E-state index contributed by atoms with van der Waals surface area (Å²) in [4.78, 5) is 14.4. The molecule has 2 aromatic carbocycles. The molecule has 1 N–H and O–H groups in total. The van der Waals surface area contributed by atoms with E-state index in [2.05, 4.69) is 18.3 Å². The van der Waals surface area contributed by atoms with E-state index in [9.17, 15) is 4.79 Å². The van der Waals surface area contributed by atoms with Crippen molar-refractivity contribution in [3.8, 4) is 5.75 Å². The lowest BCUT2D eigenvalue weighted by atomic mass is 9.98. The average Bonchev–Trinajstić information content (AvgIpc) is 3.48. The third-order valence-corrected chi connectivity index (χ3v) is 6.36. The molecule has 30 heavy (non-hydrogen) atoms. The molecule has 0 saturated carbocycles. The highest BCUT2D eigenvalue weighted by atomic mass is 32.1. The van der Waals surface area contributed by atoms with Crippen LogP contribution in [0.25, 0.3) is 0 Å². The molecule has 0 saturated heterocycles. The first-order valence-corrected chi connectivity index (χ1v) is 10.9. The molecular weight excluding hydrogens is 394 g/mol. The number of hydrogen-bond donors (Lipinski definition) is 1. The Balaban J connectivity index is 1.54. The molecule has 0 unspecified atom stereocenters. The Hall–Kier alpha value is -2.96. The number of rotatable bonds is 7. The SMILES string of the molecule is COc1ccc([C@H]2CC(c3ccccc3)=NN2C(=O)CN[C@H](C)c2cccs2)cc1. The summed E-state index contributed by atoms with van der Waals surface area (Å²) in [5.41, 5.74) is 3.02. The van der Waals surface area contributed by atoms with Crippen LogP contribution in [0.4, 0.5) is 0 Å². The monoisotopic (exact) mass is 419 g/mol. The molecule has 0 fully saturated rings. The molecule has 6 heteroatoms. The normalized spacial score (nSPS) is 16.9. The number of methoxy groups -OCH3 is 1. The second kappa shape index (κ2) is 9.24.